The third kappa shape index (κ3) is 4.76. The van der Waals surface area contributed by atoms with Crippen molar-refractivity contribution in [3.05, 3.63) is 30.3 Å². The van der Waals surface area contributed by atoms with E-state index in [2.05, 4.69) is 4.90 Å². The molecule has 2 N–H and O–H groups in total. The van der Waals surface area contributed by atoms with Crippen molar-refractivity contribution in [2.75, 3.05) is 57.4 Å². The highest BCUT2D eigenvalue weighted by molar-refractivity contribution is 5.46. The number of aliphatic hydroxyl groups excluding tert-OH is 2. The van der Waals surface area contributed by atoms with Crippen molar-refractivity contribution in [1.82, 2.24) is 4.90 Å². The van der Waals surface area contributed by atoms with Gasteiger partial charge in [0.05, 0.1) is 25.9 Å². The maximum atomic E-state index is 10.3. The van der Waals surface area contributed by atoms with E-state index in [4.69, 9.17) is 4.74 Å². The molecule has 1 aromatic rings. The second-order valence-electron chi connectivity index (χ2n) is 5.07. The maximum Gasteiger partial charge on any atom is 0.0841 e. The lowest BCUT2D eigenvalue weighted by Gasteiger charge is -2.31. The van der Waals surface area contributed by atoms with Gasteiger partial charge in [0.1, 0.15) is 0 Å². The maximum absolute atomic E-state index is 10.3. The van der Waals surface area contributed by atoms with E-state index in [1.807, 2.05) is 35.2 Å². The van der Waals surface area contributed by atoms with Crippen molar-refractivity contribution in [3.63, 3.8) is 0 Å². The number of nitrogens with zero attached hydrogens (tertiary/aromatic N) is 2. The Kier molecular flexibility index (Phi) is 6.26. The van der Waals surface area contributed by atoms with Gasteiger partial charge in [0, 0.05) is 38.4 Å². The third-order valence-corrected chi connectivity index (χ3v) is 3.50. The molecule has 0 radical (unpaired) electrons. The molecule has 1 unspecified atom stereocenters. The van der Waals surface area contributed by atoms with Gasteiger partial charge < -0.3 is 19.8 Å². The summed E-state index contributed by atoms with van der Waals surface area (Å²) in [5, 5.41) is 19.4. The van der Waals surface area contributed by atoms with Gasteiger partial charge in [-0.3, -0.25) is 4.90 Å². The predicted molar refractivity (Wildman–Crippen MR) is 79.0 cm³/mol. The van der Waals surface area contributed by atoms with Gasteiger partial charge in [0.25, 0.3) is 0 Å². The van der Waals surface area contributed by atoms with Crippen LogP contribution in [0.5, 0.6) is 0 Å². The van der Waals surface area contributed by atoms with Crippen LogP contribution in [-0.4, -0.2) is 73.8 Å². The van der Waals surface area contributed by atoms with E-state index < -0.39 is 6.10 Å². The van der Waals surface area contributed by atoms with E-state index in [1.54, 1.807) is 0 Å². The lowest BCUT2D eigenvalue weighted by atomic mass is 10.2. The van der Waals surface area contributed by atoms with Gasteiger partial charge in [-0.1, -0.05) is 18.2 Å². The molecule has 0 saturated carbocycles. The smallest absolute Gasteiger partial charge is 0.0841 e. The highest BCUT2D eigenvalue weighted by Gasteiger charge is 2.17. The normalized spacial score (nSPS) is 17.9. The summed E-state index contributed by atoms with van der Waals surface area (Å²) in [4.78, 5) is 4.24. The number of β-amino-alcohol motifs (C(OH)–C–C–N with tert-alkyl or cyclic N) is 1. The molecule has 1 fully saturated rings. The van der Waals surface area contributed by atoms with Crippen molar-refractivity contribution in [2.45, 2.75) is 6.10 Å². The zero-order chi connectivity index (χ0) is 14.2. The van der Waals surface area contributed by atoms with Gasteiger partial charge >= 0.3 is 0 Å². The highest BCUT2D eigenvalue weighted by Crippen LogP contribution is 2.13. The van der Waals surface area contributed by atoms with Crippen LogP contribution in [0.1, 0.15) is 0 Å². The molecule has 1 atom stereocenters. The first kappa shape index (κ1) is 15.3. The Hall–Kier alpha value is -1.14. The van der Waals surface area contributed by atoms with Gasteiger partial charge in [0.15, 0.2) is 0 Å². The Morgan fingerprint density at radius 3 is 2.55 bits per heavy atom. The number of benzene rings is 1. The summed E-state index contributed by atoms with van der Waals surface area (Å²) in [6.45, 7) is 5.03. The fraction of sp³-hybridized carbons (Fsp3) is 0.600. The quantitative estimate of drug-likeness (QED) is 0.746. The fourth-order valence-electron chi connectivity index (χ4n) is 2.48. The molecule has 0 aliphatic carbocycles. The molecule has 1 aliphatic rings. The molecule has 1 aliphatic heterocycles. The Morgan fingerprint density at radius 1 is 1.20 bits per heavy atom. The van der Waals surface area contributed by atoms with E-state index in [9.17, 15) is 10.2 Å². The predicted octanol–water partition coefficient (Wildman–Crippen LogP) is 0.178. The molecule has 0 amide bonds. The van der Waals surface area contributed by atoms with E-state index in [0.29, 0.717) is 19.6 Å². The van der Waals surface area contributed by atoms with Gasteiger partial charge in [-0.05, 0) is 12.1 Å². The lowest BCUT2D eigenvalue weighted by molar-refractivity contribution is 0.0160. The summed E-state index contributed by atoms with van der Waals surface area (Å²) in [6, 6.07) is 9.89. The Bertz CT molecular complexity index is 369. The molecule has 2 rings (SSSR count). The van der Waals surface area contributed by atoms with Gasteiger partial charge in [-0.2, -0.15) is 0 Å². The molecular weight excluding hydrogens is 256 g/mol. The average Bonchev–Trinajstić information content (AvgIpc) is 2.49. The summed E-state index contributed by atoms with van der Waals surface area (Å²) in [6.07, 6.45) is -0.431. The summed E-state index contributed by atoms with van der Waals surface area (Å²) < 4.78 is 5.30. The van der Waals surface area contributed by atoms with Crippen LogP contribution in [0.2, 0.25) is 0 Å². The number of morpholine rings is 1. The first-order valence-electron chi connectivity index (χ1n) is 7.18. The third-order valence-electron chi connectivity index (χ3n) is 3.50. The first-order chi connectivity index (χ1) is 9.79. The summed E-state index contributed by atoms with van der Waals surface area (Å²) >= 11 is 0. The van der Waals surface area contributed by atoms with Crippen LogP contribution in [0.4, 0.5) is 5.69 Å². The number of aliphatic hydroxyl groups is 2. The van der Waals surface area contributed by atoms with Crippen molar-refractivity contribution in [3.8, 4) is 0 Å². The van der Waals surface area contributed by atoms with E-state index in [-0.39, 0.29) is 6.61 Å². The molecule has 20 heavy (non-hydrogen) atoms. The number of para-hydroxylation sites is 1. The van der Waals surface area contributed by atoms with Gasteiger partial charge in [-0.15, -0.1) is 0 Å². The number of hydrogen-bond donors (Lipinski definition) is 2. The molecule has 0 spiro atoms. The molecule has 5 nitrogen and oxygen atoms in total. The van der Waals surface area contributed by atoms with E-state index in [0.717, 1.165) is 32.0 Å². The second kappa shape index (κ2) is 8.21. The van der Waals surface area contributed by atoms with Crippen LogP contribution in [0.15, 0.2) is 30.3 Å². The minimum atomic E-state index is -0.431. The van der Waals surface area contributed by atoms with Crippen molar-refractivity contribution < 1.29 is 14.9 Å². The summed E-state index contributed by atoms with van der Waals surface area (Å²) in [5.74, 6) is 0. The topological polar surface area (TPSA) is 56.2 Å². The molecule has 1 heterocycles. The minimum absolute atomic E-state index is 0.0825. The van der Waals surface area contributed by atoms with Crippen LogP contribution in [0.25, 0.3) is 0 Å². The van der Waals surface area contributed by atoms with Crippen LogP contribution >= 0.6 is 0 Å². The molecule has 112 valence electrons. The van der Waals surface area contributed by atoms with Gasteiger partial charge in [-0.25, -0.2) is 0 Å². The minimum Gasteiger partial charge on any atom is -0.395 e. The zero-order valence-electron chi connectivity index (χ0n) is 11.8. The first-order valence-corrected chi connectivity index (χ1v) is 7.18. The van der Waals surface area contributed by atoms with Crippen molar-refractivity contribution in [1.29, 1.82) is 0 Å². The fourth-order valence-corrected chi connectivity index (χ4v) is 2.48. The van der Waals surface area contributed by atoms with Crippen LogP contribution in [0.3, 0.4) is 0 Å². The molecular formula is C15H24N2O3. The van der Waals surface area contributed by atoms with E-state index >= 15 is 0 Å². The summed E-state index contributed by atoms with van der Waals surface area (Å²) in [5.41, 5.74) is 1.03. The Labute approximate surface area is 120 Å². The SMILES string of the molecule is OCCN(CC(O)CN1CCOCC1)c1ccccc1. The van der Waals surface area contributed by atoms with Gasteiger partial charge in [0.2, 0.25) is 0 Å². The number of ether oxygens (including phenoxy) is 1. The van der Waals surface area contributed by atoms with Crippen molar-refractivity contribution >= 4 is 5.69 Å². The molecule has 1 saturated heterocycles. The average molecular weight is 280 g/mol. The molecule has 0 aromatic heterocycles. The number of rotatable bonds is 7. The Balaban J connectivity index is 1.87. The Morgan fingerprint density at radius 2 is 1.90 bits per heavy atom. The monoisotopic (exact) mass is 280 g/mol. The van der Waals surface area contributed by atoms with Crippen molar-refractivity contribution in [2.24, 2.45) is 0 Å². The largest absolute Gasteiger partial charge is 0.395 e. The second-order valence-corrected chi connectivity index (χ2v) is 5.07. The van der Waals surface area contributed by atoms with Crippen LogP contribution in [-0.2, 0) is 4.74 Å². The standard InChI is InChI=1S/C15H24N2O3/c18-9-6-17(14-4-2-1-3-5-14)13-15(19)12-16-7-10-20-11-8-16/h1-5,15,18-19H,6-13H2. The molecule has 1 aromatic carbocycles. The van der Waals surface area contributed by atoms with Crippen LogP contribution in [0, 0.1) is 0 Å². The number of anilines is 1. The molecule has 5 heteroatoms. The lowest BCUT2D eigenvalue weighted by Crippen LogP contribution is -2.45. The van der Waals surface area contributed by atoms with Crippen LogP contribution < -0.4 is 4.90 Å². The van der Waals surface area contributed by atoms with E-state index in [1.165, 1.54) is 0 Å². The molecule has 0 bridgehead atoms. The zero-order valence-corrected chi connectivity index (χ0v) is 11.8. The summed E-state index contributed by atoms with van der Waals surface area (Å²) in [7, 11) is 0. The highest BCUT2D eigenvalue weighted by atomic mass is 16.5. The number of hydrogen-bond acceptors (Lipinski definition) is 5.